The van der Waals surface area contributed by atoms with Gasteiger partial charge in [-0.3, -0.25) is 4.99 Å². The SMILES string of the molecule is CS(C)(COc1ccc(COCc2ccc(P)cc2)cc1)c1ccc(-c2ccc(C=NCc3ccccc3)cc2)cc1. The molecule has 0 saturated heterocycles. The normalized spacial score (nSPS) is 12.0. The van der Waals surface area contributed by atoms with Crippen LogP contribution in [-0.4, -0.2) is 24.7 Å². The highest BCUT2D eigenvalue weighted by Gasteiger charge is 2.16. The largest absolute Gasteiger partial charge is 0.484 e. The number of nitrogens with zero attached hydrogens (tertiary/aromatic N) is 1. The van der Waals surface area contributed by atoms with Crippen molar-refractivity contribution in [3.8, 4) is 16.9 Å². The molecule has 0 N–H and O–H groups in total. The molecule has 3 nitrogen and oxygen atoms in total. The monoisotopic (exact) mass is 591 g/mol. The van der Waals surface area contributed by atoms with Crippen LogP contribution in [0.3, 0.4) is 0 Å². The number of hydrogen-bond donors (Lipinski definition) is 0. The summed E-state index contributed by atoms with van der Waals surface area (Å²) in [4.78, 5) is 5.91. The average molecular weight is 592 g/mol. The van der Waals surface area contributed by atoms with Gasteiger partial charge in [-0.1, -0.05) is 103 Å². The van der Waals surface area contributed by atoms with Gasteiger partial charge in [-0.25, -0.2) is 0 Å². The van der Waals surface area contributed by atoms with E-state index in [1.54, 1.807) is 0 Å². The first-order valence-electron chi connectivity index (χ1n) is 14.0. The van der Waals surface area contributed by atoms with E-state index in [1.165, 1.54) is 32.5 Å². The fourth-order valence-electron chi connectivity index (χ4n) is 4.48. The molecule has 0 aliphatic heterocycles. The maximum absolute atomic E-state index is 6.24. The van der Waals surface area contributed by atoms with Gasteiger partial charge in [0.2, 0.25) is 0 Å². The molecule has 0 heterocycles. The van der Waals surface area contributed by atoms with Gasteiger partial charge in [-0.15, -0.1) is 9.24 Å². The highest BCUT2D eigenvalue weighted by molar-refractivity contribution is 8.32. The molecular formula is C37H38NO2PS. The van der Waals surface area contributed by atoms with Crippen molar-refractivity contribution in [2.75, 3.05) is 18.5 Å². The van der Waals surface area contributed by atoms with Gasteiger partial charge in [-0.05, 0) is 80.4 Å². The van der Waals surface area contributed by atoms with Gasteiger partial charge in [0.25, 0.3) is 0 Å². The Kier molecular flexibility index (Phi) is 10.3. The summed E-state index contributed by atoms with van der Waals surface area (Å²) >= 11 is 0. The van der Waals surface area contributed by atoms with Crippen molar-refractivity contribution in [1.82, 2.24) is 0 Å². The second-order valence-corrected chi connectivity index (χ2v) is 15.2. The first-order valence-corrected chi connectivity index (χ1v) is 17.2. The summed E-state index contributed by atoms with van der Waals surface area (Å²) in [5, 5.41) is 1.18. The average Bonchev–Trinajstić information content (AvgIpc) is 3.03. The van der Waals surface area contributed by atoms with Gasteiger partial charge in [-0.2, -0.15) is 10.0 Å². The van der Waals surface area contributed by atoms with Gasteiger partial charge >= 0.3 is 0 Å². The second kappa shape index (κ2) is 14.5. The van der Waals surface area contributed by atoms with Crippen LogP contribution in [-0.2, 0) is 24.5 Å². The van der Waals surface area contributed by atoms with Gasteiger partial charge in [0.1, 0.15) is 11.7 Å². The molecular weight excluding hydrogens is 553 g/mol. The van der Waals surface area contributed by atoms with Crippen LogP contribution < -0.4 is 10.0 Å². The van der Waals surface area contributed by atoms with Crippen LogP contribution in [0, 0.1) is 0 Å². The molecule has 0 radical (unpaired) electrons. The third-order valence-corrected chi connectivity index (χ3v) is 9.69. The quantitative estimate of drug-likeness (QED) is 0.107. The van der Waals surface area contributed by atoms with Crippen molar-refractivity contribution in [3.05, 3.63) is 150 Å². The first kappa shape index (κ1) is 29.8. The van der Waals surface area contributed by atoms with E-state index in [2.05, 4.69) is 124 Å². The Balaban J connectivity index is 1.10. The molecule has 0 amide bonds. The highest BCUT2D eigenvalue weighted by atomic mass is 32.3. The molecule has 5 rings (SSSR count). The Morgan fingerprint density at radius 2 is 1.21 bits per heavy atom. The van der Waals surface area contributed by atoms with E-state index in [1.807, 2.05) is 36.5 Å². The summed E-state index contributed by atoms with van der Waals surface area (Å²) < 4.78 is 12.1. The van der Waals surface area contributed by atoms with E-state index in [0.29, 0.717) is 25.7 Å². The summed E-state index contributed by atoms with van der Waals surface area (Å²) in [5.74, 6) is 1.56. The summed E-state index contributed by atoms with van der Waals surface area (Å²) in [6, 6.07) is 44.4. The maximum atomic E-state index is 6.24. The summed E-state index contributed by atoms with van der Waals surface area (Å²) in [6.07, 6.45) is 6.55. The molecule has 0 aliphatic rings. The van der Waals surface area contributed by atoms with Gasteiger partial charge in [0.15, 0.2) is 0 Å². The number of aliphatic imine (C=N–C) groups is 1. The van der Waals surface area contributed by atoms with Crippen LogP contribution in [0.5, 0.6) is 5.75 Å². The third-order valence-electron chi connectivity index (χ3n) is 7.05. The molecule has 1 unspecified atom stereocenters. The zero-order valence-electron chi connectivity index (χ0n) is 24.3. The molecule has 5 heteroatoms. The van der Waals surface area contributed by atoms with Gasteiger partial charge in [0.05, 0.1) is 19.8 Å². The number of hydrogen-bond acceptors (Lipinski definition) is 3. The second-order valence-electron chi connectivity index (χ2n) is 10.8. The van der Waals surface area contributed by atoms with Crippen molar-refractivity contribution in [3.63, 3.8) is 0 Å². The fourth-order valence-corrected chi connectivity index (χ4v) is 6.12. The molecule has 0 aliphatic carbocycles. The molecule has 0 fully saturated rings. The zero-order chi connectivity index (χ0) is 29.2. The van der Waals surface area contributed by atoms with E-state index in [-0.39, 0.29) is 0 Å². The van der Waals surface area contributed by atoms with Crippen LogP contribution in [0.1, 0.15) is 22.3 Å². The van der Waals surface area contributed by atoms with Crippen molar-refractivity contribution >= 4 is 30.8 Å². The third kappa shape index (κ3) is 8.66. The molecule has 0 saturated carbocycles. The van der Waals surface area contributed by atoms with Gasteiger partial charge in [0, 0.05) is 6.21 Å². The Morgan fingerprint density at radius 1 is 0.643 bits per heavy atom. The molecule has 0 aromatic heterocycles. The Bertz CT molecular complexity index is 1570. The number of rotatable bonds is 12. The Labute approximate surface area is 254 Å². The Morgan fingerprint density at radius 3 is 1.83 bits per heavy atom. The summed E-state index contributed by atoms with van der Waals surface area (Å²) in [7, 11) is 1.58. The van der Waals surface area contributed by atoms with Crippen LogP contribution in [0.25, 0.3) is 11.1 Å². The lowest BCUT2D eigenvalue weighted by Gasteiger charge is -2.31. The minimum Gasteiger partial charge on any atom is -0.484 e. The van der Waals surface area contributed by atoms with Crippen molar-refractivity contribution in [2.24, 2.45) is 4.99 Å². The van der Waals surface area contributed by atoms with Crippen LogP contribution in [0.2, 0.25) is 0 Å². The van der Waals surface area contributed by atoms with E-state index < -0.39 is 10.0 Å². The van der Waals surface area contributed by atoms with Gasteiger partial charge < -0.3 is 9.47 Å². The lowest BCUT2D eigenvalue weighted by atomic mass is 10.0. The first-order chi connectivity index (χ1) is 20.4. The minimum atomic E-state index is -1.12. The number of benzene rings is 5. The van der Waals surface area contributed by atoms with Crippen molar-refractivity contribution in [1.29, 1.82) is 0 Å². The molecule has 5 aromatic rings. The fraction of sp³-hybridized carbons (Fsp3) is 0.162. The molecule has 0 bridgehead atoms. The lowest BCUT2D eigenvalue weighted by molar-refractivity contribution is 0.107. The van der Waals surface area contributed by atoms with Crippen molar-refractivity contribution in [2.45, 2.75) is 24.7 Å². The van der Waals surface area contributed by atoms with Crippen LogP contribution in [0.15, 0.2) is 137 Å². The summed E-state index contributed by atoms with van der Waals surface area (Å²) in [6.45, 7) is 1.88. The molecule has 5 aromatic carbocycles. The van der Waals surface area contributed by atoms with Crippen LogP contribution >= 0.6 is 19.3 Å². The maximum Gasteiger partial charge on any atom is 0.122 e. The van der Waals surface area contributed by atoms with Crippen LogP contribution in [0.4, 0.5) is 0 Å². The topological polar surface area (TPSA) is 30.8 Å². The van der Waals surface area contributed by atoms with Crippen molar-refractivity contribution < 1.29 is 9.47 Å². The van der Waals surface area contributed by atoms with E-state index in [9.17, 15) is 0 Å². The summed E-state index contributed by atoms with van der Waals surface area (Å²) in [5.41, 5.74) is 7.05. The smallest absolute Gasteiger partial charge is 0.122 e. The van der Waals surface area contributed by atoms with E-state index in [4.69, 9.17) is 9.47 Å². The molecule has 0 spiro atoms. The van der Waals surface area contributed by atoms with E-state index >= 15 is 0 Å². The molecule has 214 valence electrons. The Hall–Kier alpha value is -3.69. The van der Waals surface area contributed by atoms with E-state index in [0.717, 1.165) is 16.9 Å². The number of ether oxygens (including phenoxy) is 2. The standard InChI is InChI=1S/C37H38NO2PS/c1-42(2,28-40-35-18-10-31(11-19-35)26-39-27-32-12-20-36(41)21-13-32)37-22-16-34(17-23-37)33-14-8-30(9-15-33)25-38-24-29-6-4-3-5-7-29/h3-23,25H,24,26-28,41H2,1-2H3. The highest BCUT2D eigenvalue weighted by Crippen LogP contribution is 2.49. The minimum absolute atomic E-state index is 0.580. The zero-order valence-corrected chi connectivity index (χ0v) is 26.3. The predicted octanol–water partition coefficient (Wildman–Crippen LogP) is 8.65. The lowest BCUT2D eigenvalue weighted by Crippen LogP contribution is -2.08. The molecule has 1 atom stereocenters. The predicted molar refractivity (Wildman–Crippen MR) is 184 cm³/mol. The molecule has 42 heavy (non-hydrogen) atoms.